The fourth-order valence-corrected chi connectivity index (χ4v) is 1.74. The molecule has 2 aromatic rings. The maximum Gasteiger partial charge on any atom is 0.186 e. The number of hydrogen-bond donors (Lipinski definition) is 1. The number of halogens is 6. The summed E-state index contributed by atoms with van der Waals surface area (Å²) in [6.07, 6.45) is 1.16. The number of benzene rings is 2. The van der Waals surface area contributed by atoms with Gasteiger partial charge in [0, 0.05) is 6.07 Å². The fraction of sp³-hybridized carbons (Fsp3) is 0. The molecular weight excluding hydrogens is 331 g/mol. The Morgan fingerprint density at radius 3 is 2.10 bits per heavy atom. The van der Waals surface area contributed by atoms with Crippen molar-refractivity contribution < 1.29 is 17.6 Å². The van der Waals surface area contributed by atoms with E-state index in [4.69, 9.17) is 23.2 Å². The summed E-state index contributed by atoms with van der Waals surface area (Å²) in [5, 5.41) is 4.08. The summed E-state index contributed by atoms with van der Waals surface area (Å²) in [6.45, 7) is 0. The Labute approximate surface area is 127 Å². The van der Waals surface area contributed by atoms with Gasteiger partial charge in [0.05, 0.1) is 16.3 Å². The summed E-state index contributed by atoms with van der Waals surface area (Å²) < 4.78 is 52.6. The lowest BCUT2D eigenvalue weighted by Gasteiger charge is -2.05. The molecule has 0 aliphatic heterocycles. The first-order valence-electron chi connectivity index (χ1n) is 5.47. The van der Waals surface area contributed by atoms with Gasteiger partial charge in [0.2, 0.25) is 0 Å². The minimum Gasteiger partial charge on any atom is -0.272 e. The molecule has 1 N–H and O–H groups in total. The van der Waals surface area contributed by atoms with E-state index in [1.807, 2.05) is 5.43 Å². The van der Waals surface area contributed by atoms with E-state index in [1.54, 1.807) is 0 Å². The van der Waals surface area contributed by atoms with E-state index in [0.717, 1.165) is 6.21 Å². The highest BCUT2D eigenvalue weighted by atomic mass is 35.5. The molecule has 2 aromatic carbocycles. The zero-order chi connectivity index (χ0) is 15.6. The Bertz CT molecular complexity index is 694. The summed E-state index contributed by atoms with van der Waals surface area (Å²) >= 11 is 11.5. The highest BCUT2D eigenvalue weighted by Gasteiger charge is 2.18. The van der Waals surface area contributed by atoms with E-state index in [0.29, 0.717) is 10.6 Å². The molecule has 0 unspecified atom stereocenters. The maximum absolute atomic E-state index is 13.3. The second-order valence-electron chi connectivity index (χ2n) is 3.89. The van der Waals surface area contributed by atoms with Crippen LogP contribution in [0.3, 0.4) is 0 Å². The van der Waals surface area contributed by atoms with Gasteiger partial charge in [-0.3, -0.25) is 5.43 Å². The van der Waals surface area contributed by atoms with Crippen molar-refractivity contribution in [2.24, 2.45) is 5.10 Å². The molecule has 0 radical (unpaired) electrons. The van der Waals surface area contributed by atoms with Gasteiger partial charge in [0.25, 0.3) is 0 Å². The highest BCUT2D eigenvalue weighted by molar-refractivity contribution is 6.42. The highest BCUT2D eigenvalue weighted by Crippen LogP contribution is 2.24. The van der Waals surface area contributed by atoms with Gasteiger partial charge >= 0.3 is 0 Å². The number of hydrazone groups is 1. The monoisotopic (exact) mass is 336 g/mol. The third kappa shape index (κ3) is 3.46. The number of hydrogen-bond acceptors (Lipinski definition) is 2. The van der Waals surface area contributed by atoms with E-state index >= 15 is 0 Å². The fourth-order valence-electron chi connectivity index (χ4n) is 1.44. The number of anilines is 1. The van der Waals surface area contributed by atoms with Crippen molar-refractivity contribution in [2.45, 2.75) is 0 Å². The van der Waals surface area contributed by atoms with Crippen LogP contribution in [0.4, 0.5) is 23.2 Å². The van der Waals surface area contributed by atoms with Gasteiger partial charge in [-0.25, -0.2) is 17.6 Å². The normalized spacial score (nSPS) is 11.1. The Morgan fingerprint density at radius 1 is 0.905 bits per heavy atom. The maximum atomic E-state index is 13.3. The van der Waals surface area contributed by atoms with Gasteiger partial charge in [0.15, 0.2) is 23.3 Å². The van der Waals surface area contributed by atoms with Crippen LogP contribution in [0.2, 0.25) is 10.0 Å². The van der Waals surface area contributed by atoms with Crippen LogP contribution in [0, 0.1) is 23.3 Å². The predicted molar refractivity (Wildman–Crippen MR) is 74.0 cm³/mol. The first-order chi connectivity index (χ1) is 9.90. The molecule has 0 amide bonds. The minimum atomic E-state index is -1.57. The van der Waals surface area contributed by atoms with Crippen molar-refractivity contribution in [1.82, 2.24) is 0 Å². The summed E-state index contributed by atoms with van der Waals surface area (Å²) in [5.74, 6) is -6.19. The van der Waals surface area contributed by atoms with Crippen LogP contribution in [0.5, 0.6) is 0 Å². The van der Waals surface area contributed by atoms with Gasteiger partial charge in [-0.15, -0.1) is 0 Å². The first-order valence-corrected chi connectivity index (χ1v) is 6.23. The average Bonchev–Trinajstić information content (AvgIpc) is 2.44. The van der Waals surface area contributed by atoms with Crippen LogP contribution in [0.15, 0.2) is 29.4 Å². The largest absolute Gasteiger partial charge is 0.272 e. The molecule has 0 atom stereocenters. The molecular formula is C13H6Cl2F4N2. The van der Waals surface area contributed by atoms with Gasteiger partial charge < -0.3 is 0 Å². The lowest BCUT2D eigenvalue weighted by atomic mass is 10.2. The van der Waals surface area contributed by atoms with Gasteiger partial charge in [0.1, 0.15) is 5.69 Å². The molecule has 0 aromatic heterocycles. The van der Waals surface area contributed by atoms with Crippen LogP contribution in [0.25, 0.3) is 0 Å². The summed E-state index contributed by atoms with van der Waals surface area (Å²) in [5.41, 5.74) is 1.35. The van der Waals surface area contributed by atoms with Crippen molar-refractivity contribution in [3.05, 3.63) is 63.1 Å². The molecule has 0 heterocycles. The van der Waals surface area contributed by atoms with Crippen LogP contribution in [-0.2, 0) is 0 Å². The minimum absolute atomic E-state index is 0.110. The third-order valence-electron chi connectivity index (χ3n) is 2.45. The lowest BCUT2D eigenvalue weighted by Crippen LogP contribution is -2.02. The zero-order valence-electron chi connectivity index (χ0n) is 10.1. The van der Waals surface area contributed by atoms with Crippen molar-refractivity contribution in [3.8, 4) is 0 Å². The van der Waals surface area contributed by atoms with Crippen LogP contribution in [-0.4, -0.2) is 6.21 Å². The van der Waals surface area contributed by atoms with Gasteiger partial charge in [-0.05, 0) is 17.7 Å². The molecule has 0 spiro atoms. The molecule has 0 fully saturated rings. The van der Waals surface area contributed by atoms with E-state index in [-0.39, 0.29) is 11.1 Å². The number of rotatable bonds is 3. The molecule has 0 aliphatic rings. The number of nitrogens with zero attached hydrogens (tertiary/aromatic N) is 1. The summed E-state index contributed by atoms with van der Waals surface area (Å²) in [7, 11) is 0. The topological polar surface area (TPSA) is 24.4 Å². The van der Waals surface area contributed by atoms with Crippen LogP contribution in [0.1, 0.15) is 5.56 Å². The lowest BCUT2D eigenvalue weighted by molar-refractivity contribution is 0.458. The summed E-state index contributed by atoms with van der Waals surface area (Å²) in [4.78, 5) is 0. The number of nitrogens with one attached hydrogen (secondary N) is 1. The standard InChI is InChI=1S/C13H6Cl2F4N2/c14-7-2-1-6(3-8(7)15)5-20-21-13-11(18)9(16)4-10(17)12(13)19/h1-5,21H. The third-order valence-corrected chi connectivity index (χ3v) is 3.18. The molecule has 2 rings (SSSR count). The van der Waals surface area contributed by atoms with Crippen molar-refractivity contribution in [1.29, 1.82) is 0 Å². The molecule has 8 heteroatoms. The van der Waals surface area contributed by atoms with E-state index in [1.165, 1.54) is 18.2 Å². The summed E-state index contributed by atoms with van der Waals surface area (Å²) in [6, 6.07) is 4.60. The molecule has 0 saturated carbocycles. The average molecular weight is 337 g/mol. The predicted octanol–water partition coefficient (Wildman–Crippen LogP) is 5.00. The Kier molecular flexibility index (Phi) is 4.69. The van der Waals surface area contributed by atoms with Crippen LogP contribution >= 0.6 is 23.2 Å². The van der Waals surface area contributed by atoms with Gasteiger partial charge in [-0.2, -0.15) is 5.10 Å². The Morgan fingerprint density at radius 2 is 1.52 bits per heavy atom. The van der Waals surface area contributed by atoms with Crippen molar-refractivity contribution >= 4 is 35.1 Å². The second kappa shape index (κ2) is 6.32. The van der Waals surface area contributed by atoms with E-state index in [9.17, 15) is 17.6 Å². The molecule has 110 valence electrons. The zero-order valence-corrected chi connectivity index (χ0v) is 11.6. The quantitative estimate of drug-likeness (QED) is 0.363. The van der Waals surface area contributed by atoms with Crippen molar-refractivity contribution in [2.75, 3.05) is 5.43 Å². The molecule has 0 bridgehead atoms. The molecule has 21 heavy (non-hydrogen) atoms. The smallest absolute Gasteiger partial charge is 0.186 e. The van der Waals surface area contributed by atoms with E-state index < -0.39 is 29.0 Å². The Balaban J connectivity index is 2.23. The first kappa shape index (κ1) is 15.6. The molecule has 0 aliphatic carbocycles. The molecule has 0 saturated heterocycles. The molecule has 2 nitrogen and oxygen atoms in total. The van der Waals surface area contributed by atoms with Crippen molar-refractivity contribution in [3.63, 3.8) is 0 Å². The van der Waals surface area contributed by atoms with E-state index in [2.05, 4.69) is 5.10 Å². The Hall–Kier alpha value is -1.79. The van der Waals surface area contributed by atoms with Crippen LogP contribution < -0.4 is 5.43 Å². The van der Waals surface area contributed by atoms with Gasteiger partial charge in [-0.1, -0.05) is 29.3 Å². The second-order valence-corrected chi connectivity index (χ2v) is 4.70. The SMILES string of the molecule is Fc1cc(F)c(F)c(NN=Cc2ccc(Cl)c(Cl)c2)c1F.